The van der Waals surface area contributed by atoms with Gasteiger partial charge in [-0.3, -0.25) is 0 Å². The van der Waals surface area contributed by atoms with Crippen LogP contribution in [0.25, 0.3) is 0 Å². The van der Waals surface area contributed by atoms with Crippen LogP contribution in [0.2, 0.25) is 0 Å². The average Bonchev–Trinajstić information content (AvgIpc) is 2.65. The first-order valence-electron chi connectivity index (χ1n) is 5.43. The quantitative estimate of drug-likeness (QED) is 0.793. The minimum absolute atomic E-state index is 0.490. The predicted octanol–water partition coefficient (Wildman–Crippen LogP) is 3.40. The summed E-state index contributed by atoms with van der Waals surface area (Å²) >= 11 is 1.83. The highest BCUT2D eigenvalue weighted by Crippen LogP contribution is 2.25. The van der Waals surface area contributed by atoms with E-state index in [1.807, 2.05) is 11.3 Å². The van der Waals surface area contributed by atoms with Crippen LogP contribution in [0, 0.1) is 0 Å². The number of rotatable bonds is 5. The van der Waals surface area contributed by atoms with Crippen LogP contribution in [0.5, 0.6) is 0 Å². The summed E-state index contributed by atoms with van der Waals surface area (Å²) in [6.45, 7) is 6.27. The third kappa shape index (κ3) is 2.82. The summed E-state index contributed by atoms with van der Waals surface area (Å²) in [6, 6.07) is 4.32. The number of aliphatic hydroxyl groups is 1. The van der Waals surface area contributed by atoms with E-state index in [1.54, 1.807) is 0 Å². The maximum Gasteiger partial charge on any atom is 0.0690 e. The fourth-order valence-electron chi connectivity index (χ4n) is 1.53. The van der Waals surface area contributed by atoms with Crippen LogP contribution in [-0.4, -0.2) is 10.7 Å². The van der Waals surface area contributed by atoms with Crippen molar-refractivity contribution in [1.29, 1.82) is 0 Å². The number of hydrogen-bond acceptors (Lipinski definition) is 2. The lowest BCUT2D eigenvalue weighted by molar-refractivity contribution is 0.0334. The molecule has 80 valence electrons. The van der Waals surface area contributed by atoms with Crippen LogP contribution in [0.15, 0.2) is 12.1 Å². The Morgan fingerprint density at radius 1 is 1.14 bits per heavy atom. The second-order valence-electron chi connectivity index (χ2n) is 3.83. The van der Waals surface area contributed by atoms with E-state index in [4.69, 9.17) is 0 Å². The zero-order chi connectivity index (χ0) is 10.6. The van der Waals surface area contributed by atoms with Crippen LogP contribution in [-0.2, 0) is 12.8 Å². The van der Waals surface area contributed by atoms with Gasteiger partial charge in [-0.25, -0.2) is 0 Å². The Kier molecular flexibility index (Phi) is 4.14. The van der Waals surface area contributed by atoms with Gasteiger partial charge >= 0.3 is 0 Å². The predicted molar refractivity (Wildman–Crippen MR) is 62.9 cm³/mol. The first-order valence-corrected chi connectivity index (χ1v) is 6.25. The molecule has 1 nitrogen and oxygen atoms in total. The zero-order valence-electron chi connectivity index (χ0n) is 9.34. The summed E-state index contributed by atoms with van der Waals surface area (Å²) in [7, 11) is 0. The molecule has 0 fully saturated rings. The molecule has 0 aliphatic carbocycles. The van der Waals surface area contributed by atoms with Gasteiger partial charge in [-0.15, -0.1) is 11.3 Å². The highest BCUT2D eigenvalue weighted by atomic mass is 32.1. The topological polar surface area (TPSA) is 20.2 Å². The Morgan fingerprint density at radius 2 is 1.71 bits per heavy atom. The SMILES string of the molecule is CCc1ccc(CC(O)(CC)CC)s1. The van der Waals surface area contributed by atoms with E-state index in [1.165, 1.54) is 9.75 Å². The largest absolute Gasteiger partial charge is 0.390 e. The van der Waals surface area contributed by atoms with Crippen LogP contribution in [0.4, 0.5) is 0 Å². The van der Waals surface area contributed by atoms with Gasteiger partial charge in [0.2, 0.25) is 0 Å². The molecule has 0 aliphatic heterocycles. The molecule has 14 heavy (non-hydrogen) atoms. The summed E-state index contributed by atoms with van der Waals surface area (Å²) in [5.41, 5.74) is -0.490. The van der Waals surface area contributed by atoms with Crippen molar-refractivity contribution < 1.29 is 5.11 Å². The summed E-state index contributed by atoms with van der Waals surface area (Å²) < 4.78 is 0. The molecule has 1 rings (SSSR count). The van der Waals surface area contributed by atoms with E-state index in [0.717, 1.165) is 25.7 Å². The van der Waals surface area contributed by atoms with Gasteiger partial charge in [0.05, 0.1) is 5.60 Å². The molecular formula is C12H20OS. The van der Waals surface area contributed by atoms with Crippen LogP contribution in [0.3, 0.4) is 0 Å². The molecule has 0 spiro atoms. The molecular weight excluding hydrogens is 192 g/mol. The van der Waals surface area contributed by atoms with Gasteiger partial charge < -0.3 is 5.11 Å². The fourth-order valence-corrected chi connectivity index (χ4v) is 2.63. The van der Waals surface area contributed by atoms with Crippen LogP contribution in [0.1, 0.15) is 43.4 Å². The van der Waals surface area contributed by atoms with Gasteiger partial charge in [-0.05, 0) is 31.4 Å². The molecule has 0 radical (unpaired) electrons. The second kappa shape index (κ2) is 4.94. The zero-order valence-corrected chi connectivity index (χ0v) is 10.2. The molecule has 1 N–H and O–H groups in total. The first kappa shape index (κ1) is 11.7. The van der Waals surface area contributed by atoms with Crippen molar-refractivity contribution in [3.8, 4) is 0 Å². The van der Waals surface area contributed by atoms with E-state index in [0.29, 0.717) is 0 Å². The highest BCUT2D eigenvalue weighted by Gasteiger charge is 2.23. The molecule has 0 amide bonds. The molecule has 0 saturated carbocycles. The van der Waals surface area contributed by atoms with Gasteiger partial charge in [0.15, 0.2) is 0 Å². The molecule has 0 unspecified atom stereocenters. The van der Waals surface area contributed by atoms with Crippen molar-refractivity contribution in [2.24, 2.45) is 0 Å². The minimum atomic E-state index is -0.490. The third-order valence-electron chi connectivity index (χ3n) is 2.89. The molecule has 2 heteroatoms. The lowest BCUT2D eigenvalue weighted by Gasteiger charge is -2.24. The van der Waals surface area contributed by atoms with Crippen molar-refractivity contribution in [3.05, 3.63) is 21.9 Å². The summed E-state index contributed by atoms with van der Waals surface area (Å²) in [4.78, 5) is 2.72. The van der Waals surface area contributed by atoms with Gasteiger partial charge in [0.25, 0.3) is 0 Å². The van der Waals surface area contributed by atoms with Gasteiger partial charge in [0, 0.05) is 16.2 Å². The van der Waals surface area contributed by atoms with Gasteiger partial charge in [-0.1, -0.05) is 20.8 Å². The Balaban J connectivity index is 2.67. The Hall–Kier alpha value is -0.340. The summed E-state index contributed by atoms with van der Waals surface area (Å²) in [6.07, 6.45) is 3.58. The van der Waals surface area contributed by atoms with E-state index >= 15 is 0 Å². The highest BCUT2D eigenvalue weighted by molar-refractivity contribution is 7.12. The summed E-state index contributed by atoms with van der Waals surface area (Å²) in [5, 5.41) is 10.2. The van der Waals surface area contributed by atoms with Crippen molar-refractivity contribution in [3.63, 3.8) is 0 Å². The molecule has 1 aromatic rings. The van der Waals surface area contributed by atoms with E-state index < -0.39 is 5.60 Å². The summed E-state index contributed by atoms with van der Waals surface area (Å²) in [5.74, 6) is 0. The maximum absolute atomic E-state index is 10.2. The molecule has 1 heterocycles. The lowest BCUT2D eigenvalue weighted by atomic mass is 9.93. The van der Waals surface area contributed by atoms with E-state index in [2.05, 4.69) is 32.9 Å². The smallest absolute Gasteiger partial charge is 0.0690 e. The first-order chi connectivity index (χ1) is 6.63. The Morgan fingerprint density at radius 3 is 2.14 bits per heavy atom. The van der Waals surface area contributed by atoms with Crippen molar-refractivity contribution in [2.75, 3.05) is 0 Å². The lowest BCUT2D eigenvalue weighted by Crippen LogP contribution is -2.28. The van der Waals surface area contributed by atoms with Gasteiger partial charge in [-0.2, -0.15) is 0 Å². The van der Waals surface area contributed by atoms with Crippen molar-refractivity contribution in [1.82, 2.24) is 0 Å². The minimum Gasteiger partial charge on any atom is -0.390 e. The second-order valence-corrected chi connectivity index (χ2v) is 5.08. The number of aryl methyl sites for hydroxylation is 1. The standard InChI is InChI=1S/C12H20OS/c1-4-10-7-8-11(14-10)9-12(13,5-2)6-3/h7-8,13H,4-6,9H2,1-3H3. The van der Waals surface area contributed by atoms with Crippen molar-refractivity contribution >= 4 is 11.3 Å². The normalized spacial score (nSPS) is 12.0. The number of thiophene rings is 1. The van der Waals surface area contributed by atoms with Crippen molar-refractivity contribution in [2.45, 2.75) is 52.1 Å². The molecule has 0 saturated heterocycles. The van der Waals surface area contributed by atoms with Gasteiger partial charge in [0.1, 0.15) is 0 Å². The van der Waals surface area contributed by atoms with E-state index in [9.17, 15) is 5.11 Å². The number of hydrogen-bond donors (Lipinski definition) is 1. The molecule has 1 aromatic heterocycles. The van der Waals surface area contributed by atoms with E-state index in [-0.39, 0.29) is 0 Å². The average molecular weight is 212 g/mol. The van der Waals surface area contributed by atoms with Crippen LogP contribution >= 0.6 is 11.3 Å². The monoisotopic (exact) mass is 212 g/mol. The third-order valence-corrected chi connectivity index (χ3v) is 4.11. The Labute approximate surface area is 90.8 Å². The van der Waals surface area contributed by atoms with Crippen LogP contribution < -0.4 is 0 Å². The molecule has 0 aliphatic rings. The Bertz CT molecular complexity index is 274. The molecule has 0 bridgehead atoms. The fraction of sp³-hybridized carbons (Fsp3) is 0.667. The molecule has 0 atom stereocenters. The maximum atomic E-state index is 10.2. The molecule has 0 aromatic carbocycles.